The fraction of sp³-hybridized carbons (Fsp3) is 0.562. The lowest BCUT2D eigenvalue weighted by Gasteiger charge is -2.29. The minimum Gasteiger partial charge on any atom is -0.326 e. The Morgan fingerprint density at radius 1 is 1.32 bits per heavy atom. The Bertz CT molecular complexity index is 409. The Hall–Kier alpha value is -1.35. The predicted octanol–water partition coefficient (Wildman–Crippen LogP) is 3.08. The molecule has 0 aliphatic heterocycles. The maximum Gasteiger partial charge on any atom is 0.227 e. The van der Waals surface area contributed by atoms with Gasteiger partial charge in [-0.25, -0.2) is 0 Å². The molecule has 1 aromatic carbocycles. The summed E-state index contributed by atoms with van der Waals surface area (Å²) >= 11 is 0. The highest BCUT2D eigenvalue weighted by atomic mass is 16.2. The average molecular weight is 260 g/mol. The fourth-order valence-electron chi connectivity index (χ4n) is 2.49. The molecule has 1 saturated carbocycles. The lowest BCUT2D eigenvalue weighted by molar-refractivity contribution is -0.120. The molecule has 19 heavy (non-hydrogen) atoms. The lowest BCUT2D eigenvalue weighted by atomic mass is 9.82. The van der Waals surface area contributed by atoms with E-state index in [1.807, 2.05) is 29.2 Å². The van der Waals surface area contributed by atoms with Crippen LogP contribution in [0.1, 0.15) is 44.6 Å². The van der Waals surface area contributed by atoms with Gasteiger partial charge in [0.1, 0.15) is 0 Å². The van der Waals surface area contributed by atoms with Gasteiger partial charge in [0.2, 0.25) is 5.91 Å². The highest BCUT2D eigenvalue weighted by Crippen LogP contribution is 2.30. The van der Waals surface area contributed by atoms with Gasteiger partial charge >= 0.3 is 0 Å². The summed E-state index contributed by atoms with van der Waals surface area (Å²) in [6.45, 7) is 3.45. The first-order valence-electron chi connectivity index (χ1n) is 7.34. The van der Waals surface area contributed by atoms with E-state index < -0.39 is 0 Å². The van der Waals surface area contributed by atoms with E-state index in [0.717, 1.165) is 24.2 Å². The maximum absolute atomic E-state index is 12.4. The zero-order chi connectivity index (χ0) is 13.7. The molecule has 0 atom stereocenters. The first-order valence-corrected chi connectivity index (χ1v) is 7.34. The zero-order valence-corrected chi connectivity index (χ0v) is 11.8. The van der Waals surface area contributed by atoms with Gasteiger partial charge in [0.25, 0.3) is 0 Å². The molecule has 0 radical (unpaired) electrons. The normalized spacial score (nSPS) is 15.1. The Balaban J connectivity index is 2.05. The molecular formula is C16H24N2O. The summed E-state index contributed by atoms with van der Waals surface area (Å²) in [5.41, 5.74) is 7.71. The molecule has 0 bridgehead atoms. The summed E-state index contributed by atoms with van der Waals surface area (Å²) in [5.74, 6) is 0.891. The van der Waals surface area contributed by atoms with Crippen LogP contribution < -0.4 is 10.6 Å². The molecule has 104 valence electrons. The number of nitrogens with zero attached hydrogens (tertiary/aromatic N) is 1. The number of benzene rings is 1. The summed E-state index contributed by atoms with van der Waals surface area (Å²) in [7, 11) is 0. The third-order valence-electron chi connectivity index (χ3n) is 3.92. The van der Waals surface area contributed by atoms with E-state index in [1.54, 1.807) is 0 Å². The molecule has 1 fully saturated rings. The number of anilines is 1. The standard InChI is InChI=1S/C16H24N2O/c1-2-10-18(16(19)11-13-4-3-5-13)15-8-6-14(12-17)7-9-15/h6-9,13H,2-5,10-12,17H2,1H3. The Kier molecular flexibility index (Phi) is 4.97. The van der Waals surface area contributed by atoms with Gasteiger partial charge in [-0.05, 0) is 42.9 Å². The molecular weight excluding hydrogens is 236 g/mol. The number of nitrogens with two attached hydrogens (primary N) is 1. The van der Waals surface area contributed by atoms with Crippen LogP contribution in [0.25, 0.3) is 0 Å². The molecule has 3 heteroatoms. The van der Waals surface area contributed by atoms with Gasteiger partial charge < -0.3 is 10.6 Å². The Morgan fingerprint density at radius 3 is 2.47 bits per heavy atom. The first-order chi connectivity index (χ1) is 9.24. The van der Waals surface area contributed by atoms with E-state index in [1.165, 1.54) is 19.3 Å². The molecule has 0 spiro atoms. The molecule has 1 aliphatic rings. The molecule has 1 amide bonds. The average Bonchev–Trinajstić information content (AvgIpc) is 2.40. The van der Waals surface area contributed by atoms with Crippen LogP contribution in [0.15, 0.2) is 24.3 Å². The minimum absolute atomic E-state index is 0.270. The van der Waals surface area contributed by atoms with Crippen molar-refractivity contribution in [3.05, 3.63) is 29.8 Å². The number of carbonyl (C=O) groups is 1. The van der Waals surface area contributed by atoms with Crippen molar-refractivity contribution in [2.24, 2.45) is 11.7 Å². The second-order valence-corrected chi connectivity index (χ2v) is 5.42. The maximum atomic E-state index is 12.4. The molecule has 1 aromatic rings. The van der Waals surface area contributed by atoms with Crippen LogP contribution in [0, 0.1) is 5.92 Å². The van der Waals surface area contributed by atoms with Crippen molar-refractivity contribution in [2.45, 2.75) is 45.6 Å². The number of carbonyl (C=O) groups excluding carboxylic acids is 1. The second kappa shape index (κ2) is 6.71. The highest BCUT2D eigenvalue weighted by Gasteiger charge is 2.24. The minimum atomic E-state index is 0.270. The lowest BCUT2D eigenvalue weighted by Crippen LogP contribution is -2.34. The number of amides is 1. The van der Waals surface area contributed by atoms with Gasteiger partial charge in [0, 0.05) is 25.2 Å². The van der Waals surface area contributed by atoms with E-state index in [-0.39, 0.29) is 5.91 Å². The highest BCUT2D eigenvalue weighted by molar-refractivity contribution is 5.93. The van der Waals surface area contributed by atoms with Crippen molar-refractivity contribution < 1.29 is 4.79 Å². The first kappa shape index (κ1) is 14.1. The summed E-state index contributed by atoms with van der Waals surface area (Å²) in [6, 6.07) is 8.04. The van der Waals surface area contributed by atoms with Crippen LogP contribution >= 0.6 is 0 Å². The molecule has 2 N–H and O–H groups in total. The van der Waals surface area contributed by atoms with Crippen molar-refractivity contribution in [1.82, 2.24) is 0 Å². The van der Waals surface area contributed by atoms with Crippen LogP contribution in [0.2, 0.25) is 0 Å². The van der Waals surface area contributed by atoms with Gasteiger partial charge in [-0.2, -0.15) is 0 Å². The molecule has 0 heterocycles. The summed E-state index contributed by atoms with van der Waals surface area (Å²) in [6.07, 6.45) is 5.42. The van der Waals surface area contributed by atoms with E-state index in [4.69, 9.17) is 5.73 Å². The third-order valence-corrected chi connectivity index (χ3v) is 3.92. The number of hydrogen-bond acceptors (Lipinski definition) is 2. The quantitative estimate of drug-likeness (QED) is 0.854. The van der Waals surface area contributed by atoms with Gasteiger partial charge in [-0.1, -0.05) is 25.5 Å². The fourth-order valence-corrected chi connectivity index (χ4v) is 2.49. The van der Waals surface area contributed by atoms with Gasteiger partial charge in [0.15, 0.2) is 0 Å². The molecule has 0 unspecified atom stereocenters. The van der Waals surface area contributed by atoms with Crippen LogP contribution in [0.5, 0.6) is 0 Å². The van der Waals surface area contributed by atoms with Crippen LogP contribution in [-0.2, 0) is 11.3 Å². The molecule has 2 rings (SSSR count). The van der Waals surface area contributed by atoms with Crippen LogP contribution in [-0.4, -0.2) is 12.5 Å². The molecule has 3 nitrogen and oxygen atoms in total. The monoisotopic (exact) mass is 260 g/mol. The van der Waals surface area contributed by atoms with E-state index in [0.29, 0.717) is 18.9 Å². The van der Waals surface area contributed by atoms with Crippen LogP contribution in [0.3, 0.4) is 0 Å². The molecule has 0 saturated heterocycles. The summed E-state index contributed by atoms with van der Waals surface area (Å²) in [4.78, 5) is 14.3. The topological polar surface area (TPSA) is 46.3 Å². The van der Waals surface area contributed by atoms with Crippen LogP contribution in [0.4, 0.5) is 5.69 Å². The zero-order valence-electron chi connectivity index (χ0n) is 11.8. The van der Waals surface area contributed by atoms with E-state index >= 15 is 0 Å². The Morgan fingerprint density at radius 2 is 2.00 bits per heavy atom. The largest absolute Gasteiger partial charge is 0.326 e. The van der Waals surface area contributed by atoms with E-state index in [9.17, 15) is 4.79 Å². The van der Waals surface area contributed by atoms with Gasteiger partial charge in [-0.15, -0.1) is 0 Å². The Labute approximate surface area is 115 Å². The van der Waals surface area contributed by atoms with E-state index in [2.05, 4.69) is 6.92 Å². The third kappa shape index (κ3) is 3.57. The van der Waals surface area contributed by atoms with Crippen molar-refractivity contribution in [1.29, 1.82) is 0 Å². The second-order valence-electron chi connectivity index (χ2n) is 5.42. The van der Waals surface area contributed by atoms with Crippen molar-refractivity contribution in [3.63, 3.8) is 0 Å². The SMILES string of the molecule is CCCN(C(=O)CC1CCC1)c1ccc(CN)cc1. The van der Waals surface area contributed by atoms with Crippen molar-refractivity contribution >= 4 is 11.6 Å². The van der Waals surface area contributed by atoms with Crippen molar-refractivity contribution in [3.8, 4) is 0 Å². The van der Waals surface area contributed by atoms with Gasteiger partial charge in [-0.3, -0.25) is 4.79 Å². The summed E-state index contributed by atoms with van der Waals surface area (Å²) in [5, 5.41) is 0. The molecule has 0 aromatic heterocycles. The van der Waals surface area contributed by atoms with Crippen molar-refractivity contribution in [2.75, 3.05) is 11.4 Å². The predicted molar refractivity (Wildman–Crippen MR) is 78.9 cm³/mol. The smallest absolute Gasteiger partial charge is 0.227 e. The number of rotatable bonds is 6. The molecule has 1 aliphatic carbocycles. The number of hydrogen-bond donors (Lipinski definition) is 1. The van der Waals surface area contributed by atoms with Gasteiger partial charge in [0.05, 0.1) is 0 Å². The summed E-state index contributed by atoms with van der Waals surface area (Å²) < 4.78 is 0.